The zero-order valence-corrected chi connectivity index (χ0v) is 10.1. The summed E-state index contributed by atoms with van der Waals surface area (Å²) in [6.07, 6.45) is -0.282. The summed E-state index contributed by atoms with van der Waals surface area (Å²) in [6.45, 7) is 4.60. The summed E-state index contributed by atoms with van der Waals surface area (Å²) in [5, 5.41) is 0. The van der Waals surface area contributed by atoms with Crippen molar-refractivity contribution in [1.82, 2.24) is 0 Å². The normalized spacial score (nSPS) is 19.5. The van der Waals surface area contributed by atoms with Gasteiger partial charge in [0, 0.05) is 0 Å². The van der Waals surface area contributed by atoms with E-state index < -0.39 is 0 Å². The van der Waals surface area contributed by atoms with E-state index in [2.05, 4.69) is 0 Å². The minimum atomic E-state index is -0.282. The van der Waals surface area contributed by atoms with Crippen molar-refractivity contribution in [2.45, 2.75) is 20.0 Å². The summed E-state index contributed by atoms with van der Waals surface area (Å²) < 4.78 is 10.7. The van der Waals surface area contributed by atoms with Crippen LogP contribution in [0.2, 0.25) is 0 Å². The van der Waals surface area contributed by atoms with Crippen molar-refractivity contribution >= 4 is 5.97 Å². The average molecular weight is 232 g/mol. The van der Waals surface area contributed by atoms with Gasteiger partial charge >= 0.3 is 5.97 Å². The predicted octanol–water partition coefficient (Wildman–Crippen LogP) is 2.64. The highest BCUT2D eigenvalue weighted by molar-refractivity contribution is 5.91. The van der Waals surface area contributed by atoms with E-state index in [1.807, 2.05) is 37.3 Å². The number of benzene rings is 1. The van der Waals surface area contributed by atoms with Crippen LogP contribution in [0, 0.1) is 0 Å². The van der Waals surface area contributed by atoms with Crippen LogP contribution in [-0.2, 0) is 14.3 Å². The molecule has 0 radical (unpaired) electrons. The molecule has 2 rings (SSSR count). The maximum absolute atomic E-state index is 11.9. The Labute approximate surface area is 101 Å². The summed E-state index contributed by atoms with van der Waals surface area (Å²) in [6, 6.07) is 9.74. The largest absolute Gasteiger partial charge is 0.463 e. The first-order chi connectivity index (χ1) is 8.24. The molecule has 1 aromatic carbocycles. The van der Waals surface area contributed by atoms with Gasteiger partial charge in [0.2, 0.25) is 0 Å². The van der Waals surface area contributed by atoms with E-state index in [0.29, 0.717) is 18.8 Å². The molecule has 0 aromatic heterocycles. The molecular formula is C14H16O3. The third kappa shape index (κ3) is 2.39. The van der Waals surface area contributed by atoms with E-state index in [1.165, 1.54) is 0 Å². The number of hydrogen-bond acceptors (Lipinski definition) is 3. The van der Waals surface area contributed by atoms with Crippen LogP contribution >= 0.6 is 0 Å². The van der Waals surface area contributed by atoms with Crippen molar-refractivity contribution in [2.75, 3.05) is 13.2 Å². The molecule has 17 heavy (non-hydrogen) atoms. The van der Waals surface area contributed by atoms with Crippen LogP contribution in [0.5, 0.6) is 0 Å². The van der Waals surface area contributed by atoms with Gasteiger partial charge in [-0.1, -0.05) is 30.3 Å². The number of hydrogen-bond donors (Lipinski definition) is 0. The lowest BCUT2D eigenvalue weighted by atomic mass is 10.00. The summed E-state index contributed by atoms with van der Waals surface area (Å²) in [7, 11) is 0. The molecule has 1 aromatic rings. The van der Waals surface area contributed by atoms with Crippen LogP contribution in [0.1, 0.15) is 25.5 Å². The SMILES string of the molecule is CCOC(=O)C1=C(C)COC1c1ccccc1. The average Bonchev–Trinajstić information content (AvgIpc) is 2.73. The van der Waals surface area contributed by atoms with Crippen LogP contribution in [-0.4, -0.2) is 19.2 Å². The quantitative estimate of drug-likeness (QED) is 0.751. The number of rotatable bonds is 3. The molecule has 90 valence electrons. The lowest BCUT2D eigenvalue weighted by Crippen LogP contribution is -2.13. The van der Waals surface area contributed by atoms with E-state index in [9.17, 15) is 4.79 Å². The summed E-state index contributed by atoms with van der Waals surface area (Å²) in [4.78, 5) is 11.9. The molecule has 1 unspecified atom stereocenters. The molecule has 1 aliphatic heterocycles. The van der Waals surface area contributed by atoms with Crippen molar-refractivity contribution in [2.24, 2.45) is 0 Å². The van der Waals surface area contributed by atoms with Gasteiger partial charge in [0.1, 0.15) is 6.10 Å². The Kier molecular flexibility index (Phi) is 3.59. The molecule has 0 aliphatic carbocycles. The Morgan fingerprint density at radius 1 is 1.41 bits per heavy atom. The molecule has 0 N–H and O–H groups in total. The molecule has 0 bridgehead atoms. The zero-order chi connectivity index (χ0) is 12.3. The van der Waals surface area contributed by atoms with E-state index in [4.69, 9.17) is 9.47 Å². The van der Waals surface area contributed by atoms with Gasteiger partial charge in [-0.2, -0.15) is 0 Å². The second kappa shape index (κ2) is 5.15. The van der Waals surface area contributed by atoms with Crippen molar-refractivity contribution < 1.29 is 14.3 Å². The molecular weight excluding hydrogens is 216 g/mol. The first-order valence-electron chi connectivity index (χ1n) is 5.77. The monoisotopic (exact) mass is 232 g/mol. The fourth-order valence-electron chi connectivity index (χ4n) is 1.97. The number of esters is 1. The van der Waals surface area contributed by atoms with Crippen molar-refractivity contribution in [3.05, 3.63) is 47.0 Å². The number of carbonyl (C=O) groups excluding carboxylic acids is 1. The molecule has 0 saturated heterocycles. The Morgan fingerprint density at radius 2 is 2.12 bits per heavy atom. The van der Waals surface area contributed by atoms with E-state index in [0.717, 1.165) is 11.1 Å². The molecule has 3 heteroatoms. The molecule has 0 saturated carbocycles. The van der Waals surface area contributed by atoms with Gasteiger partial charge in [0.05, 0.1) is 18.8 Å². The molecule has 0 fully saturated rings. The summed E-state index contributed by atoms with van der Waals surface area (Å²) >= 11 is 0. The predicted molar refractivity (Wildman–Crippen MR) is 64.5 cm³/mol. The van der Waals surface area contributed by atoms with Crippen molar-refractivity contribution in [3.63, 3.8) is 0 Å². The Morgan fingerprint density at radius 3 is 2.76 bits per heavy atom. The van der Waals surface area contributed by atoms with Crippen LogP contribution in [0.25, 0.3) is 0 Å². The summed E-state index contributed by atoms with van der Waals surface area (Å²) in [5.41, 5.74) is 2.60. The minimum absolute atomic E-state index is 0.267. The van der Waals surface area contributed by atoms with Crippen LogP contribution in [0.3, 0.4) is 0 Å². The molecule has 0 spiro atoms. The zero-order valence-electron chi connectivity index (χ0n) is 10.1. The van der Waals surface area contributed by atoms with Gasteiger partial charge in [0.25, 0.3) is 0 Å². The third-order valence-electron chi connectivity index (χ3n) is 2.79. The topological polar surface area (TPSA) is 35.5 Å². The van der Waals surface area contributed by atoms with Gasteiger partial charge in [-0.05, 0) is 25.0 Å². The van der Waals surface area contributed by atoms with Crippen LogP contribution in [0.4, 0.5) is 0 Å². The highest BCUT2D eigenvalue weighted by atomic mass is 16.5. The second-order valence-electron chi connectivity index (χ2n) is 4.02. The number of ether oxygens (including phenoxy) is 2. The molecule has 1 heterocycles. The smallest absolute Gasteiger partial charge is 0.337 e. The van der Waals surface area contributed by atoms with Gasteiger partial charge in [0.15, 0.2) is 0 Å². The Bertz CT molecular complexity index is 434. The molecule has 1 aliphatic rings. The molecule has 3 nitrogen and oxygen atoms in total. The number of carbonyl (C=O) groups is 1. The Hall–Kier alpha value is -1.61. The van der Waals surface area contributed by atoms with Crippen molar-refractivity contribution in [1.29, 1.82) is 0 Å². The molecule has 1 atom stereocenters. The van der Waals surface area contributed by atoms with Gasteiger partial charge in [-0.25, -0.2) is 4.79 Å². The minimum Gasteiger partial charge on any atom is -0.463 e. The van der Waals surface area contributed by atoms with E-state index in [1.54, 1.807) is 6.92 Å². The van der Waals surface area contributed by atoms with Gasteiger partial charge in [-0.15, -0.1) is 0 Å². The highest BCUT2D eigenvalue weighted by Gasteiger charge is 2.31. The second-order valence-corrected chi connectivity index (χ2v) is 4.02. The maximum atomic E-state index is 11.9. The first-order valence-corrected chi connectivity index (χ1v) is 5.77. The standard InChI is InChI=1S/C14H16O3/c1-3-16-14(15)12-10(2)9-17-13(12)11-7-5-4-6-8-11/h4-8,13H,3,9H2,1-2H3. The fraction of sp³-hybridized carbons (Fsp3) is 0.357. The fourth-order valence-corrected chi connectivity index (χ4v) is 1.97. The van der Waals surface area contributed by atoms with Crippen LogP contribution < -0.4 is 0 Å². The lowest BCUT2D eigenvalue weighted by Gasteiger charge is -2.14. The van der Waals surface area contributed by atoms with Gasteiger partial charge < -0.3 is 9.47 Å². The van der Waals surface area contributed by atoms with Crippen molar-refractivity contribution in [3.8, 4) is 0 Å². The van der Waals surface area contributed by atoms with E-state index in [-0.39, 0.29) is 12.1 Å². The van der Waals surface area contributed by atoms with E-state index >= 15 is 0 Å². The summed E-state index contributed by atoms with van der Waals surface area (Å²) in [5.74, 6) is -0.267. The first kappa shape index (κ1) is 11.9. The highest BCUT2D eigenvalue weighted by Crippen LogP contribution is 2.34. The maximum Gasteiger partial charge on any atom is 0.337 e. The third-order valence-corrected chi connectivity index (χ3v) is 2.79. The molecule has 0 amide bonds. The van der Waals surface area contributed by atoms with Crippen LogP contribution in [0.15, 0.2) is 41.5 Å². The Balaban J connectivity index is 2.28. The lowest BCUT2D eigenvalue weighted by molar-refractivity contribution is -0.139. The van der Waals surface area contributed by atoms with Gasteiger partial charge in [-0.3, -0.25) is 0 Å².